The third-order valence-electron chi connectivity index (χ3n) is 4.71. The van der Waals surface area contributed by atoms with E-state index in [0.717, 1.165) is 49.8 Å². The maximum atomic E-state index is 11.7. The summed E-state index contributed by atoms with van der Waals surface area (Å²) in [5.74, 6) is 0.818. The summed E-state index contributed by atoms with van der Waals surface area (Å²) in [5.41, 5.74) is 3.35. The summed E-state index contributed by atoms with van der Waals surface area (Å²) in [6, 6.07) is 0. The molecule has 1 fully saturated rings. The summed E-state index contributed by atoms with van der Waals surface area (Å²) in [4.78, 5) is 18.7. The summed E-state index contributed by atoms with van der Waals surface area (Å²) in [6.45, 7) is 9.22. The number of rotatable bonds is 4. The van der Waals surface area contributed by atoms with Crippen molar-refractivity contribution >= 4 is 11.9 Å². The summed E-state index contributed by atoms with van der Waals surface area (Å²) in [6.07, 6.45) is 1.62. The average Bonchev–Trinajstić information content (AvgIpc) is 2.83. The van der Waals surface area contributed by atoms with Crippen LogP contribution in [0.1, 0.15) is 36.7 Å². The lowest BCUT2D eigenvalue weighted by Gasteiger charge is -2.33. The van der Waals surface area contributed by atoms with Crippen LogP contribution in [-0.4, -0.2) is 53.4 Å². The predicted octanol–water partition coefficient (Wildman–Crippen LogP) is 1.39. The lowest BCUT2D eigenvalue weighted by Crippen LogP contribution is -2.46. The Morgan fingerprint density at radius 2 is 2.04 bits per heavy atom. The first-order valence-electron chi connectivity index (χ1n) is 8.58. The monoisotopic (exact) mass is 335 g/mol. The molecule has 1 aliphatic heterocycles. The number of methoxy groups -OCH3 is 1. The SMILES string of the molecule is CCNC(=NCc1c(C)nn(C)c1C)N1CCC(C(=O)OC)CC1. The first-order chi connectivity index (χ1) is 11.5. The van der Waals surface area contributed by atoms with Gasteiger partial charge in [-0.3, -0.25) is 9.48 Å². The highest BCUT2D eigenvalue weighted by atomic mass is 16.5. The molecule has 1 aromatic rings. The molecular weight excluding hydrogens is 306 g/mol. The zero-order chi connectivity index (χ0) is 17.7. The van der Waals surface area contributed by atoms with Crippen molar-refractivity contribution in [3.05, 3.63) is 17.0 Å². The minimum absolute atomic E-state index is 0.0111. The smallest absolute Gasteiger partial charge is 0.308 e. The molecule has 0 atom stereocenters. The molecule has 2 heterocycles. The van der Waals surface area contributed by atoms with Crippen LogP contribution in [0.3, 0.4) is 0 Å². The van der Waals surface area contributed by atoms with E-state index in [2.05, 4.69) is 29.2 Å². The zero-order valence-corrected chi connectivity index (χ0v) is 15.4. The molecule has 24 heavy (non-hydrogen) atoms. The summed E-state index contributed by atoms with van der Waals surface area (Å²) in [5, 5.41) is 7.81. The van der Waals surface area contributed by atoms with Crippen molar-refractivity contribution in [2.24, 2.45) is 18.0 Å². The minimum Gasteiger partial charge on any atom is -0.469 e. The van der Waals surface area contributed by atoms with E-state index in [1.54, 1.807) is 0 Å². The quantitative estimate of drug-likeness (QED) is 0.511. The number of aliphatic imine (C=N–C) groups is 1. The van der Waals surface area contributed by atoms with E-state index in [1.165, 1.54) is 12.7 Å². The Balaban J connectivity index is 2.05. The number of aryl methyl sites for hydroxylation is 2. The van der Waals surface area contributed by atoms with Crippen LogP contribution in [0.2, 0.25) is 0 Å². The van der Waals surface area contributed by atoms with Gasteiger partial charge in [0.25, 0.3) is 0 Å². The fraction of sp³-hybridized carbons (Fsp3) is 0.706. The van der Waals surface area contributed by atoms with Gasteiger partial charge in [0.2, 0.25) is 0 Å². The van der Waals surface area contributed by atoms with Crippen molar-refractivity contribution in [1.82, 2.24) is 20.0 Å². The van der Waals surface area contributed by atoms with Crippen LogP contribution in [0.5, 0.6) is 0 Å². The summed E-state index contributed by atoms with van der Waals surface area (Å²) in [7, 11) is 3.41. The number of nitrogens with zero attached hydrogens (tertiary/aromatic N) is 4. The van der Waals surface area contributed by atoms with Crippen LogP contribution in [0, 0.1) is 19.8 Å². The number of hydrogen-bond donors (Lipinski definition) is 1. The van der Waals surface area contributed by atoms with Crippen LogP contribution in [0.15, 0.2) is 4.99 Å². The van der Waals surface area contributed by atoms with Gasteiger partial charge in [0, 0.05) is 37.9 Å². The molecule has 0 aromatic carbocycles. The van der Waals surface area contributed by atoms with Crippen molar-refractivity contribution in [2.75, 3.05) is 26.7 Å². The lowest BCUT2D eigenvalue weighted by atomic mass is 9.97. The number of ether oxygens (including phenoxy) is 1. The second-order valence-electron chi connectivity index (χ2n) is 6.23. The van der Waals surface area contributed by atoms with Crippen LogP contribution < -0.4 is 5.32 Å². The molecular formula is C17H29N5O2. The third kappa shape index (κ3) is 4.07. The normalized spacial score (nSPS) is 16.4. The van der Waals surface area contributed by atoms with Crippen molar-refractivity contribution in [3.8, 4) is 0 Å². The maximum absolute atomic E-state index is 11.7. The number of hydrogen-bond acceptors (Lipinski definition) is 4. The van der Waals surface area contributed by atoms with E-state index < -0.39 is 0 Å². The number of piperidine rings is 1. The maximum Gasteiger partial charge on any atom is 0.308 e. The molecule has 1 N–H and O–H groups in total. The van der Waals surface area contributed by atoms with E-state index in [0.29, 0.717) is 6.54 Å². The van der Waals surface area contributed by atoms with Crippen LogP contribution in [0.4, 0.5) is 0 Å². The Morgan fingerprint density at radius 1 is 1.38 bits per heavy atom. The second kappa shape index (κ2) is 8.17. The van der Waals surface area contributed by atoms with E-state index in [9.17, 15) is 4.79 Å². The van der Waals surface area contributed by atoms with Gasteiger partial charge in [-0.25, -0.2) is 4.99 Å². The molecule has 1 saturated heterocycles. The van der Waals surface area contributed by atoms with Gasteiger partial charge < -0.3 is 15.0 Å². The number of nitrogens with one attached hydrogen (secondary N) is 1. The van der Waals surface area contributed by atoms with E-state index >= 15 is 0 Å². The van der Waals surface area contributed by atoms with Crippen LogP contribution in [-0.2, 0) is 23.1 Å². The predicted molar refractivity (Wildman–Crippen MR) is 93.8 cm³/mol. The van der Waals surface area contributed by atoms with Gasteiger partial charge in [0.15, 0.2) is 5.96 Å². The van der Waals surface area contributed by atoms with Gasteiger partial charge in [-0.2, -0.15) is 5.10 Å². The van der Waals surface area contributed by atoms with Gasteiger partial charge in [-0.15, -0.1) is 0 Å². The second-order valence-corrected chi connectivity index (χ2v) is 6.23. The van der Waals surface area contributed by atoms with Gasteiger partial charge in [0.1, 0.15) is 0 Å². The molecule has 2 rings (SSSR count). The Labute approximate surface area is 144 Å². The fourth-order valence-electron chi connectivity index (χ4n) is 3.12. The Morgan fingerprint density at radius 3 is 2.54 bits per heavy atom. The molecule has 1 aliphatic rings. The topological polar surface area (TPSA) is 71.8 Å². The highest BCUT2D eigenvalue weighted by Gasteiger charge is 2.27. The molecule has 0 unspecified atom stereocenters. The lowest BCUT2D eigenvalue weighted by molar-refractivity contribution is -0.146. The zero-order valence-electron chi connectivity index (χ0n) is 15.4. The standard InChI is InChI=1S/C17H29N5O2/c1-6-18-17(19-11-15-12(2)20-21(4)13(15)3)22-9-7-14(8-10-22)16(23)24-5/h14H,6-11H2,1-5H3,(H,18,19). The summed E-state index contributed by atoms with van der Waals surface area (Å²) >= 11 is 0. The molecule has 0 aliphatic carbocycles. The highest BCUT2D eigenvalue weighted by Crippen LogP contribution is 2.19. The van der Waals surface area contributed by atoms with E-state index in [-0.39, 0.29) is 11.9 Å². The number of guanidine groups is 1. The Bertz CT molecular complexity index is 600. The van der Waals surface area contributed by atoms with Crippen molar-refractivity contribution in [1.29, 1.82) is 0 Å². The molecule has 134 valence electrons. The number of esters is 1. The molecule has 0 bridgehead atoms. The molecule has 0 amide bonds. The first-order valence-corrected chi connectivity index (χ1v) is 8.58. The molecule has 7 nitrogen and oxygen atoms in total. The molecule has 0 radical (unpaired) electrons. The number of carbonyl (C=O) groups excluding carboxylic acids is 1. The number of aromatic nitrogens is 2. The third-order valence-corrected chi connectivity index (χ3v) is 4.71. The van der Waals surface area contributed by atoms with Gasteiger partial charge in [-0.1, -0.05) is 0 Å². The Kier molecular flexibility index (Phi) is 6.23. The van der Waals surface area contributed by atoms with Gasteiger partial charge >= 0.3 is 5.97 Å². The van der Waals surface area contributed by atoms with Crippen molar-refractivity contribution < 1.29 is 9.53 Å². The van der Waals surface area contributed by atoms with Crippen LogP contribution in [0.25, 0.3) is 0 Å². The van der Waals surface area contributed by atoms with Gasteiger partial charge in [-0.05, 0) is 33.6 Å². The van der Waals surface area contributed by atoms with E-state index in [4.69, 9.17) is 9.73 Å². The average molecular weight is 335 g/mol. The summed E-state index contributed by atoms with van der Waals surface area (Å²) < 4.78 is 6.75. The molecule has 0 saturated carbocycles. The van der Waals surface area contributed by atoms with Crippen molar-refractivity contribution in [2.45, 2.75) is 40.2 Å². The van der Waals surface area contributed by atoms with E-state index in [1.807, 2.05) is 18.7 Å². The molecule has 0 spiro atoms. The Hall–Kier alpha value is -2.05. The highest BCUT2D eigenvalue weighted by molar-refractivity contribution is 5.80. The largest absolute Gasteiger partial charge is 0.469 e. The van der Waals surface area contributed by atoms with Crippen LogP contribution >= 0.6 is 0 Å². The van der Waals surface area contributed by atoms with Gasteiger partial charge in [0.05, 0.1) is 25.3 Å². The molecule has 1 aromatic heterocycles. The van der Waals surface area contributed by atoms with Crippen molar-refractivity contribution in [3.63, 3.8) is 0 Å². The number of carbonyl (C=O) groups is 1. The fourth-order valence-corrected chi connectivity index (χ4v) is 3.12. The molecule has 7 heteroatoms. The number of likely N-dealkylation sites (tertiary alicyclic amines) is 1. The minimum atomic E-state index is -0.0989. The first kappa shape index (κ1) is 18.3.